The Bertz CT molecular complexity index is 104. The van der Waals surface area contributed by atoms with Crippen molar-refractivity contribution in [1.82, 2.24) is 10.2 Å². The first kappa shape index (κ1) is 26.0. The molecule has 16 heavy (non-hydrogen) atoms. The summed E-state index contributed by atoms with van der Waals surface area (Å²) in [6.45, 7) is 5.29. The lowest BCUT2D eigenvalue weighted by Crippen LogP contribution is -2.36. The Morgan fingerprint density at radius 3 is 1.75 bits per heavy atom. The third-order valence-electron chi connectivity index (χ3n) is 1.73. The molecule has 3 N–H and O–H groups in total. The monoisotopic (exact) mass is 335 g/mol. The highest BCUT2D eigenvalue weighted by atomic mass is 35.5. The molecule has 0 amide bonds. The van der Waals surface area contributed by atoms with Gasteiger partial charge in [-0.15, -0.1) is 60.4 Å². The topological polar surface area (TPSA) is 41.3 Å². The van der Waals surface area contributed by atoms with Crippen molar-refractivity contribution in [3.8, 4) is 0 Å². The maximum Gasteiger partial charge on any atom is 0.0351 e. The number of nitrogens with one attached hydrogen (secondary N) is 1. The zero-order valence-corrected chi connectivity index (χ0v) is 13.1. The van der Waals surface area contributed by atoms with Crippen molar-refractivity contribution in [3.05, 3.63) is 0 Å². The van der Waals surface area contributed by atoms with Crippen LogP contribution in [-0.2, 0) is 0 Å². The molecule has 0 heterocycles. The zero-order chi connectivity index (χ0) is 9.94. The van der Waals surface area contributed by atoms with Gasteiger partial charge in [0, 0.05) is 51.0 Å². The fourth-order valence-corrected chi connectivity index (χ4v) is 1.52. The van der Waals surface area contributed by atoms with E-state index in [4.69, 9.17) is 28.9 Å². The van der Waals surface area contributed by atoms with Gasteiger partial charge in [-0.3, -0.25) is 4.90 Å². The second-order valence-corrected chi connectivity index (χ2v) is 3.51. The minimum atomic E-state index is 0. The van der Waals surface area contributed by atoms with E-state index in [1.807, 2.05) is 0 Å². The summed E-state index contributed by atoms with van der Waals surface area (Å²) in [4.78, 5) is 2.24. The maximum atomic E-state index is 5.65. The second kappa shape index (κ2) is 21.6. The van der Waals surface area contributed by atoms with Gasteiger partial charge in [-0.1, -0.05) is 0 Å². The van der Waals surface area contributed by atoms with Crippen molar-refractivity contribution < 1.29 is 0 Å². The molecule has 104 valence electrons. The summed E-state index contributed by atoms with van der Waals surface area (Å²) in [5.74, 6) is 1.32. The first-order chi connectivity index (χ1) is 6.35. The van der Waals surface area contributed by atoms with Crippen LogP contribution in [0.25, 0.3) is 0 Å². The predicted octanol–water partition coefficient (Wildman–Crippen LogP) is 1.58. The maximum absolute atomic E-state index is 5.65. The van der Waals surface area contributed by atoms with Crippen molar-refractivity contribution in [3.63, 3.8) is 0 Å². The number of hydrogen-bond donors (Lipinski definition) is 2. The molecule has 0 aromatic carbocycles. The number of halogens is 5. The van der Waals surface area contributed by atoms with Gasteiger partial charge in [-0.2, -0.15) is 0 Å². The number of hydrogen-bond acceptors (Lipinski definition) is 3. The van der Waals surface area contributed by atoms with Crippen molar-refractivity contribution in [1.29, 1.82) is 0 Å². The van der Waals surface area contributed by atoms with Crippen molar-refractivity contribution in [2.75, 3.05) is 51.0 Å². The average Bonchev–Trinajstić information content (AvgIpc) is 2.13. The van der Waals surface area contributed by atoms with Gasteiger partial charge in [0.05, 0.1) is 0 Å². The lowest BCUT2D eigenvalue weighted by Gasteiger charge is -2.19. The van der Waals surface area contributed by atoms with Crippen LogP contribution in [-0.4, -0.2) is 55.9 Å². The first-order valence-corrected chi connectivity index (χ1v) is 5.67. The second-order valence-electron chi connectivity index (χ2n) is 2.76. The lowest BCUT2D eigenvalue weighted by molar-refractivity contribution is 0.306. The van der Waals surface area contributed by atoms with E-state index in [1.54, 1.807) is 0 Å². The summed E-state index contributed by atoms with van der Waals surface area (Å²) in [5, 5.41) is 3.23. The van der Waals surface area contributed by atoms with Gasteiger partial charge in [0.1, 0.15) is 0 Å². The number of rotatable bonds is 9. The molecule has 0 spiro atoms. The van der Waals surface area contributed by atoms with Gasteiger partial charge in [-0.05, 0) is 0 Å². The highest BCUT2D eigenvalue weighted by Gasteiger charge is 2.01. The highest BCUT2D eigenvalue weighted by Crippen LogP contribution is 1.90. The van der Waals surface area contributed by atoms with Crippen LogP contribution in [0.5, 0.6) is 0 Å². The van der Waals surface area contributed by atoms with Crippen molar-refractivity contribution in [2.45, 2.75) is 0 Å². The van der Waals surface area contributed by atoms with Crippen LogP contribution in [0, 0.1) is 0 Å². The van der Waals surface area contributed by atoms with Crippen LogP contribution < -0.4 is 11.1 Å². The summed E-state index contributed by atoms with van der Waals surface area (Å²) in [7, 11) is 0. The fraction of sp³-hybridized carbons (Fsp3) is 1.00. The standard InChI is InChI=1S/C8H19Cl2N3.3ClH/c9-1-6-13(7-2-10)8-5-12-4-3-11;;;/h12H,1-8,11H2;3*1H. The number of nitrogens with zero attached hydrogens (tertiary/aromatic N) is 1. The van der Waals surface area contributed by atoms with Crippen molar-refractivity contribution >= 4 is 60.4 Å². The largest absolute Gasteiger partial charge is 0.329 e. The van der Waals surface area contributed by atoms with E-state index in [0.717, 1.165) is 32.7 Å². The molecule has 0 aliphatic carbocycles. The molecule has 8 heteroatoms. The van der Waals surface area contributed by atoms with Gasteiger partial charge in [0.15, 0.2) is 0 Å². The molecule has 0 aromatic heterocycles. The van der Waals surface area contributed by atoms with E-state index in [9.17, 15) is 0 Å². The van der Waals surface area contributed by atoms with E-state index in [1.165, 1.54) is 0 Å². The predicted molar refractivity (Wildman–Crippen MR) is 81.5 cm³/mol. The third-order valence-corrected chi connectivity index (χ3v) is 2.07. The van der Waals surface area contributed by atoms with Gasteiger partial charge >= 0.3 is 0 Å². The minimum Gasteiger partial charge on any atom is -0.329 e. The first-order valence-electron chi connectivity index (χ1n) is 4.60. The molecule has 0 saturated heterocycles. The molecule has 0 fully saturated rings. The molecule has 0 bridgehead atoms. The molecule has 0 aliphatic rings. The van der Waals surface area contributed by atoms with Gasteiger partial charge in [-0.25, -0.2) is 0 Å². The molecule has 0 saturated carbocycles. The normalized spacial score (nSPS) is 9.00. The molecular formula is C8H22Cl5N3. The Morgan fingerprint density at radius 2 is 1.38 bits per heavy atom. The Labute approximate surface area is 127 Å². The molecule has 0 unspecified atom stereocenters. The fourth-order valence-electron chi connectivity index (χ4n) is 1.04. The van der Waals surface area contributed by atoms with Crippen LogP contribution in [0.2, 0.25) is 0 Å². The molecular weight excluding hydrogens is 315 g/mol. The van der Waals surface area contributed by atoms with E-state index in [-0.39, 0.29) is 37.2 Å². The zero-order valence-electron chi connectivity index (χ0n) is 9.16. The SMILES string of the molecule is Cl.Cl.Cl.NCCNCCN(CCCl)CCCl. The van der Waals surface area contributed by atoms with E-state index in [0.29, 0.717) is 18.3 Å². The van der Waals surface area contributed by atoms with Gasteiger partial charge in [0.25, 0.3) is 0 Å². The van der Waals surface area contributed by atoms with Crippen molar-refractivity contribution in [2.24, 2.45) is 5.73 Å². The smallest absolute Gasteiger partial charge is 0.0351 e. The van der Waals surface area contributed by atoms with Gasteiger partial charge in [0.2, 0.25) is 0 Å². The summed E-state index contributed by atoms with van der Waals surface area (Å²) in [6.07, 6.45) is 0. The molecule has 3 nitrogen and oxygen atoms in total. The quantitative estimate of drug-likeness (QED) is 0.496. The number of nitrogens with two attached hydrogens (primary N) is 1. The third kappa shape index (κ3) is 17.7. The van der Waals surface area contributed by atoms with Gasteiger partial charge < -0.3 is 11.1 Å². The molecule has 0 rings (SSSR count). The Hall–Kier alpha value is 1.33. The van der Waals surface area contributed by atoms with Crippen LogP contribution in [0.1, 0.15) is 0 Å². The van der Waals surface area contributed by atoms with E-state index < -0.39 is 0 Å². The molecule has 0 aliphatic heterocycles. The Balaban J connectivity index is -0.000000240. The Morgan fingerprint density at radius 1 is 0.875 bits per heavy atom. The molecule has 0 radical (unpaired) electrons. The minimum absolute atomic E-state index is 0. The van der Waals surface area contributed by atoms with E-state index in [2.05, 4.69) is 10.2 Å². The molecule has 0 aromatic rings. The van der Waals surface area contributed by atoms with E-state index >= 15 is 0 Å². The summed E-state index contributed by atoms with van der Waals surface area (Å²) in [5.41, 5.74) is 5.34. The van der Waals surface area contributed by atoms with Crippen LogP contribution in [0.4, 0.5) is 0 Å². The van der Waals surface area contributed by atoms with Crippen LogP contribution in [0.3, 0.4) is 0 Å². The summed E-state index contributed by atoms with van der Waals surface area (Å²) < 4.78 is 0. The summed E-state index contributed by atoms with van der Waals surface area (Å²) in [6, 6.07) is 0. The highest BCUT2D eigenvalue weighted by molar-refractivity contribution is 6.18. The Kier molecular flexibility index (Phi) is 35.1. The summed E-state index contributed by atoms with van der Waals surface area (Å²) >= 11 is 11.3. The lowest BCUT2D eigenvalue weighted by atomic mass is 10.4. The number of alkyl halides is 2. The average molecular weight is 338 g/mol. The van der Waals surface area contributed by atoms with Crippen LogP contribution >= 0.6 is 60.4 Å². The molecule has 0 atom stereocenters. The van der Waals surface area contributed by atoms with Crippen LogP contribution in [0.15, 0.2) is 0 Å².